The molecule has 1 N–H and O–H groups in total. The van der Waals surface area contributed by atoms with Crippen molar-refractivity contribution in [3.05, 3.63) is 15.8 Å². The van der Waals surface area contributed by atoms with Crippen molar-refractivity contribution in [1.82, 2.24) is 9.97 Å². The third-order valence-electron chi connectivity index (χ3n) is 2.13. The van der Waals surface area contributed by atoms with Gasteiger partial charge in [-0.3, -0.25) is 10.1 Å². The van der Waals surface area contributed by atoms with Crippen molar-refractivity contribution in [2.75, 3.05) is 12.4 Å². The van der Waals surface area contributed by atoms with E-state index in [1.165, 1.54) is 6.92 Å². The Morgan fingerprint density at radius 1 is 1.50 bits per heavy atom. The van der Waals surface area contributed by atoms with Crippen LogP contribution in [-0.2, 0) is 0 Å². The maximum Gasteiger partial charge on any atom is 0.352 e. The fourth-order valence-corrected chi connectivity index (χ4v) is 1.21. The average Bonchev–Trinajstić information content (AvgIpc) is 2.27. The van der Waals surface area contributed by atoms with Crippen LogP contribution in [0.4, 0.5) is 11.6 Å². The Hall–Kier alpha value is -2.36. The topological polar surface area (TPSA) is 90.2 Å². The number of aryl methyl sites for hydroxylation is 1. The number of nitro groups is 1. The van der Waals surface area contributed by atoms with Gasteiger partial charge in [-0.15, -0.1) is 6.42 Å². The van der Waals surface area contributed by atoms with Crippen molar-refractivity contribution in [1.29, 1.82) is 0 Å². The van der Waals surface area contributed by atoms with Crippen molar-refractivity contribution >= 4 is 11.6 Å². The van der Waals surface area contributed by atoms with Crippen molar-refractivity contribution in [2.24, 2.45) is 0 Å². The highest BCUT2D eigenvalue weighted by molar-refractivity contribution is 5.49. The van der Waals surface area contributed by atoms with E-state index in [2.05, 4.69) is 21.2 Å². The van der Waals surface area contributed by atoms with Gasteiger partial charge in [-0.25, -0.2) is 4.98 Å². The standard InChI is InChI=1S/C11H14N4O3/c1-6-11(3,4)18-9-8(15(16)17)7(2)13-10(12-5)14-9/h1H,2-5H3,(H,12,13,14). The lowest BCUT2D eigenvalue weighted by molar-refractivity contribution is -0.387. The largest absolute Gasteiger partial charge is 0.453 e. The summed E-state index contributed by atoms with van der Waals surface area (Å²) in [5, 5.41) is 13.7. The summed E-state index contributed by atoms with van der Waals surface area (Å²) in [6.07, 6.45) is 5.29. The highest BCUT2D eigenvalue weighted by atomic mass is 16.6. The van der Waals surface area contributed by atoms with Gasteiger partial charge in [-0.05, 0) is 20.8 Å². The first-order chi connectivity index (χ1) is 8.30. The van der Waals surface area contributed by atoms with E-state index in [0.29, 0.717) is 0 Å². The number of terminal acetylenes is 1. The SMILES string of the molecule is C#CC(C)(C)Oc1nc(NC)nc(C)c1[N+](=O)[O-]. The lowest BCUT2D eigenvalue weighted by Crippen LogP contribution is -2.27. The Morgan fingerprint density at radius 3 is 2.56 bits per heavy atom. The zero-order valence-corrected chi connectivity index (χ0v) is 10.6. The van der Waals surface area contributed by atoms with Gasteiger partial charge >= 0.3 is 11.6 Å². The van der Waals surface area contributed by atoms with E-state index in [1.54, 1.807) is 20.9 Å². The van der Waals surface area contributed by atoms with Gasteiger partial charge < -0.3 is 10.1 Å². The quantitative estimate of drug-likeness (QED) is 0.495. The van der Waals surface area contributed by atoms with Crippen molar-refractivity contribution < 1.29 is 9.66 Å². The van der Waals surface area contributed by atoms with E-state index < -0.39 is 10.5 Å². The third kappa shape index (κ3) is 2.85. The first-order valence-corrected chi connectivity index (χ1v) is 5.18. The summed E-state index contributed by atoms with van der Waals surface area (Å²) in [6, 6.07) is 0. The van der Waals surface area contributed by atoms with Gasteiger partial charge in [0.25, 0.3) is 0 Å². The van der Waals surface area contributed by atoms with Gasteiger partial charge in [-0.2, -0.15) is 4.98 Å². The van der Waals surface area contributed by atoms with Gasteiger partial charge in [0.2, 0.25) is 5.95 Å². The number of hydrogen-bond acceptors (Lipinski definition) is 6. The monoisotopic (exact) mass is 250 g/mol. The molecule has 0 radical (unpaired) electrons. The molecule has 0 aliphatic heterocycles. The maximum absolute atomic E-state index is 11.0. The Kier molecular flexibility index (Phi) is 3.71. The molecule has 0 spiro atoms. The minimum Gasteiger partial charge on any atom is -0.453 e. The number of nitrogens with zero attached hydrogens (tertiary/aromatic N) is 3. The normalized spacial score (nSPS) is 10.6. The highest BCUT2D eigenvalue weighted by Gasteiger charge is 2.28. The number of ether oxygens (including phenoxy) is 1. The summed E-state index contributed by atoms with van der Waals surface area (Å²) in [6.45, 7) is 4.75. The summed E-state index contributed by atoms with van der Waals surface area (Å²) in [4.78, 5) is 18.3. The van der Waals surface area contributed by atoms with Crippen LogP contribution in [0, 0.1) is 29.4 Å². The number of anilines is 1. The average molecular weight is 250 g/mol. The Balaban J connectivity index is 3.35. The van der Waals surface area contributed by atoms with E-state index in [-0.39, 0.29) is 23.2 Å². The summed E-state index contributed by atoms with van der Waals surface area (Å²) in [5.41, 5.74) is -1.06. The van der Waals surface area contributed by atoms with E-state index in [0.717, 1.165) is 0 Å². The van der Waals surface area contributed by atoms with Gasteiger partial charge in [0.05, 0.1) is 4.92 Å². The molecule has 1 aromatic heterocycles. The van der Waals surface area contributed by atoms with Gasteiger partial charge in [0.15, 0.2) is 5.60 Å². The van der Waals surface area contributed by atoms with E-state index in [1.807, 2.05) is 0 Å². The zero-order chi connectivity index (χ0) is 13.9. The number of hydrogen-bond donors (Lipinski definition) is 1. The molecule has 18 heavy (non-hydrogen) atoms. The molecule has 0 unspecified atom stereocenters. The summed E-state index contributed by atoms with van der Waals surface area (Å²) < 4.78 is 5.40. The molecule has 0 aliphatic rings. The predicted molar refractivity (Wildman–Crippen MR) is 66.5 cm³/mol. The van der Waals surface area contributed by atoms with Crippen molar-refractivity contribution in [3.8, 4) is 18.2 Å². The summed E-state index contributed by atoms with van der Waals surface area (Å²) >= 11 is 0. The molecule has 0 amide bonds. The molecule has 0 bridgehead atoms. The molecule has 7 nitrogen and oxygen atoms in total. The molecular formula is C11H14N4O3. The van der Waals surface area contributed by atoms with Crippen molar-refractivity contribution in [2.45, 2.75) is 26.4 Å². The number of rotatable bonds is 4. The predicted octanol–water partition coefficient (Wildman–Crippen LogP) is 1.53. The van der Waals surface area contributed by atoms with Crippen LogP contribution in [0.25, 0.3) is 0 Å². The van der Waals surface area contributed by atoms with Crippen LogP contribution >= 0.6 is 0 Å². The Bertz CT molecular complexity index is 520. The fourth-order valence-electron chi connectivity index (χ4n) is 1.21. The molecule has 7 heteroatoms. The van der Waals surface area contributed by atoms with Crippen LogP contribution in [0.2, 0.25) is 0 Å². The second-order valence-electron chi connectivity index (χ2n) is 4.05. The van der Waals surface area contributed by atoms with E-state index in [4.69, 9.17) is 11.2 Å². The molecular weight excluding hydrogens is 236 g/mol. The smallest absolute Gasteiger partial charge is 0.352 e. The molecule has 0 aromatic carbocycles. The molecule has 0 saturated heterocycles. The molecule has 96 valence electrons. The zero-order valence-electron chi connectivity index (χ0n) is 10.6. The maximum atomic E-state index is 11.0. The van der Waals surface area contributed by atoms with Crippen LogP contribution in [0.1, 0.15) is 19.5 Å². The first-order valence-electron chi connectivity index (χ1n) is 5.18. The molecule has 0 aliphatic carbocycles. The van der Waals surface area contributed by atoms with Crippen LogP contribution in [-0.4, -0.2) is 27.5 Å². The molecule has 0 atom stereocenters. The van der Waals surface area contributed by atoms with E-state index >= 15 is 0 Å². The molecule has 1 aromatic rings. The van der Waals surface area contributed by atoms with E-state index in [9.17, 15) is 10.1 Å². The molecule has 0 saturated carbocycles. The number of aromatic nitrogens is 2. The van der Waals surface area contributed by atoms with Gasteiger partial charge in [-0.1, -0.05) is 5.92 Å². The van der Waals surface area contributed by atoms with Crippen molar-refractivity contribution in [3.63, 3.8) is 0 Å². The highest BCUT2D eigenvalue weighted by Crippen LogP contribution is 2.31. The second-order valence-corrected chi connectivity index (χ2v) is 4.05. The molecule has 0 fully saturated rings. The number of nitrogens with one attached hydrogen (secondary N) is 1. The lowest BCUT2D eigenvalue weighted by Gasteiger charge is -2.19. The van der Waals surface area contributed by atoms with Crippen LogP contribution in [0.5, 0.6) is 5.88 Å². The summed E-state index contributed by atoms with van der Waals surface area (Å²) in [7, 11) is 1.61. The molecule has 1 rings (SSSR count). The summed E-state index contributed by atoms with van der Waals surface area (Å²) in [5.74, 6) is 2.49. The molecule has 1 heterocycles. The van der Waals surface area contributed by atoms with Gasteiger partial charge in [0.1, 0.15) is 5.69 Å². The van der Waals surface area contributed by atoms with Gasteiger partial charge in [0, 0.05) is 7.05 Å². The minimum atomic E-state index is -0.990. The van der Waals surface area contributed by atoms with Crippen LogP contribution < -0.4 is 10.1 Å². The first kappa shape index (κ1) is 13.7. The second kappa shape index (κ2) is 4.87. The Morgan fingerprint density at radius 2 is 2.11 bits per heavy atom. The third-order valence-corrected chi connectivity index (χ3v) is 2.13. The Labute approximate surface area is 105 Å². The van der Waals surface area contributed by atoms with Crippen LogP contribution in [0.15, 0.2) is 0 Å². The van der Waals surface area contributed by atoms with Crippen LogP contribution in [0.3, 0.4) is 0 Å². The fraction of sp³-hybridized carbons (Fsp3) is 0.455. The minimum absolute atomic E-state index is 0.139. The lowest BCUT2D eigenvalue weighted by atomic mass is 10.1.